The zero-order valence-electron chi connectivity index (χ0n) is 12.4. The van der Waals surface area contributed by atoms with E-state index in [1.807, 2.05) is 25.0 Å². The van der Waals surface area contributed by atoms with Crippen LogP contribution in [0.3, 0.4) is 0 Å². The average Bonchev–Trinajstić information content (AvgIpc) is 2.44. The van der Waals surface area contributed by atoms with Gasteiger partial charge in [-0.05, 0) is 12.8 Å². The molecule has 0 fully saturated rings. The van der Waals surface area contributed by atoms with Crippen LogP contribution in [-0.4, -0.2) is 13.1 Å². The molecular weight excluding hydrogens is 249 g/mol. The Kier molecular flexibility index (Phi) is 24.3. The number of benzene rings is 1. The van der Waals surface area contributed by atoms with Crippen LogP contribution in [0.5, 0.6) is 0 Å². The summed E-state index contributed by atoms with van der Waals surface area (Å²) in [5.41, 5.74) is 7.57. The fourth-order valence-electron chi connectivity index (χ4n) is 1.27. The third kappa shape index (κ3) is 17.4. The maximum atomic E-state index is 10.2. The Morgan fingerprint density at radius 1 is 1.21 bits per heavy atom. The van der Waals surface area contributed by atoms with Crippen molar-refractivity contribution in [3.8, 4) is 0 Å². The van der Waals surface area contributed by atoms with Crippen molar-refractivity contribution in [2.45, 2.75) is 39.5 Å². The second-order valence-corrected chi connectivity index (χ2v) is 3.81. The van der Waals surface area contributed by atoms with Gasteiger partial charge in [-0.1, -0.05) is 57.0 Å². The third-order valence-corrected chi connectivity index (χ3v) is 2.42. The van der Waals surface area contributed by atoms with E-state index in [2.05, 4.69) is 13.8 Å². The maximum Gasteiger partial charge on any atom is 1.00 e. The van der Waals surface area contributed by atoms with Gasteiger partial charge in [-0.15, -0.1) is 5.69 Å². The number of carbonyl (C=O) groups excluding carboxylic acids is 2. The molecule has 0 bridgehead atoms. The predicted octanol–water partition coefficient (Wildman–Crippen LogP) is 1.59. The SMILES string of the molecule is C=O.CCCCC(C=O)CC.[NH-]c1ccccc1.[Na+]. The maximum absolute atomic E-state index is 10.2. The van der Waals surface area contributed by atoms with Crippen molar-refractivity contribution in [1.29, 1.82) is 0 Å². The van der Waals surface area contributed by atoms with Crippen LogP contribution < -0.4 is 29.6 Å². The van der Waals surface area contributed by atoms with E-state index in [0.717, 1.165) is 19.1 Å². The largest absolute Gasteiger partial charge is 1.00 e. The molecule has 3 nitrogen and oxygen atoms in total. The van der Waals surface area contributed by atoms with E-state index in [-0.39, 0.29) is 29.6 Å². The van der Waals surface area contributed by atoms with Crippen molar-refractivity contribution >= 4 is 18.8 Å². The van der Waals surface area contributed by atoms with Crippen molar-refractivity contribution in [1.82, 2.24) is 0 Å². The fourth-order valence-corrected chi connectivity index (χ4v) is 1.27. The smallest absolute Gasteiger partial charge is 0.699 e. The molecule has 1 atom stereocenters. The molecule has 4 heteroatoms. The zero-order valence-corrected chi connectivity index (χ0v) is 14.4. The molecule has 1 aromatic carbocycles. The van der Waals surface area contributed by atoms with E-state index >= 15 is 0 Å². The molecule has 102 valence electrons. The van der Waals surface area contributed by atoms with Gasteiger partial charge in [0.05, 0.1) is 0 Å². The number of nitrogens with one attached hydrogen (secondary N) is 1. The molecule has 0 amide bonds. The summed E-state index contributed by atoms with van der Waals surface area (Å²) in [6.45, 7) is 6.21. The molecule has 0 aliphatic heterocycles. The Hall–Kier alpha value is -0.640. The number of unbranched alkanes of at least 4 members (excludes halogenated alkanes) is 1. The quantitative estimate of drug-likeness (QED) is 0.604. The molecule has 1 rings (SSSR count). The predicted molar refractivity (Wildman–Crippen MR) is 76.9 cm³/mol. The molecule has 1 unspecified atom stereocenters. The molecule has 19 heavy (non-hydrogen) atoms. The minimum absolute atomic E-state index is 0. The molecule has 0 saturated carbocycles. The zero-order chi connectivity index (χ0) is 14.2. The van der Waals surface area contributed by atoms with E-state index in [0.29, 0.717) is 11.6 Å². The van der Waals surface area contributed by atoms with Gasteiger partial charge in [-0.3, -0.25) is 0 Å². The number of carbonyl (C=O) groups is 2. The van der Waals surface area contributed by atoms with E-state index in [9.17, 15) is 4.79 Å². The molecule has 0 aliphatic rings. The van der Waals surface area contributed by atoms with Crippen LogP contribution in [0.1, 0.15) is 39.5 Å². The summed E-state index contributed by atoms with van der Waals surface area (Å²) >= 11 is 0. The first kappa shape index (κ1) is 23.5. The van der Waals surface area contributed by atoms with Gasteiger partial charge in [0, 0.05) is 5.92 Å². The van der Waals surface area contributed by atoms with Gasteiger partial charge in [0.2, 0.25) is 0 Å². The van der Waals surface area contributed by atoms with Gasteiger partial charge in [0.1, 0.15) is 13.1 Å². The summed E-state index contributed by atoms with van der Waals surface area (Å²) in [5.74, 6) is 0.324. The molecule has 0 aliphatic carbocycles. The average molecular weight is 273 g/mol. The summed E-state index contributed by atoms with van der Waals surface area (Å²) in [6.07, 6.45) is 5.55. The van der Waals surface area contributed by atoms with Gasteiger partial charge in [0.25, 0.3) is 0 Å². The van der Waals surface area contributed by atoms with Crippen molar-refractivity contribution < 1.29 is 39.1 Å². The number of hydrogen-bond acceptors (Lipinski definition) is 2. The minimum Gasteiger partial charge on any atom is -0.699 e. The molecule has 1 N–H and O–H groups in total. The van der Waals surface area contributed by atoms with Crippen LogP contribution in [0.25, 0.3) is 5.73 Å². The molecular formula is C15H24NNaO2. The Morgan fingerprint density at radius 3 is 2.00 bits per heavy atom. The van der Waals surface area contributed by atoms with Crippen LogP contribution in [0.15, 0.2) is 30.3 Å². The second kappa shape index (κ2) is 19.7. The summed E-state index contributed by atoms with van der Waals surface area (Å²) in [4.78, 5) is 18.2. The molecule has 1 aromatic rings. The fraction of sp³-hybridized carbons (Fsp3) is 0.467. The van der Waals surface area contributed by atoms with Gasteiger partial charge in [0.15, 0.2) is 0 Å². The van der Waals surface area contributed by atoms with Crippen LogP contribution >= 0.6 is 0 Å². The van der Waals surface area contributed by atoms with Gasteiger partial charge >= 0.3 is 29.6 Å². The molecule has 0 heterocycles. The van der Waals surface area contributed by atoms with E-state index in [4.69, 9.17) is 10.5 Å². The Morgan fingerprint density at radius 2 is 1.74 bits per heavy atom. The first-order valence-corrected chi connectivity index (χ1v) is 6.25. The standard InChI is InChI=1S/C8H16O.C6H6N.CH2O.Na/c1-3-5-6-8(4-2)7-9;7-6-4-2-1-3-5-6;1-2;/h7-8H,3-6H2,1-2H3;1-5,7H;1H2;/q;-1;;+1. The molecule has 0 aromatic heterocycles. The van der Waals surface area contributed by atoms with Crippen molar-refractivity contribution in [3.63, 3.8) is 0 Å². The number of hydrogen-bond donors (Lipinski definition) is 0. The number of rotatable bonds is 5. The first-order valence-electron chi connectivity index (χ1n) is 6.25. The summed E-state index contributed by atoms with van der Waals surface area (Å²) < 4.78 is 0. The Labute approximate surface area is 139 Å². The van der Waals surface area contributed by atoms with Gasteiger partial charge in [-0.2, -0.15) is 0 Å². The monoisotopic (exact) mass is 273 g/mol. The van der Waals surface area contributed by atoms with Crippen LogP contribution in [0.2, 0.25) is 0 Å². The van der Waals surface area contributed by atoms with Gasteiger partial charge < -0.3 is 15.3 Å². The second-order valence-electron chi connectivity index (χ2n) is 3.81. The minimum atomic E-state index is 0. The Balaban J connectivity index is -0.000000231. The van der Waals surface area contributed by atoms with Gasteiger partial charge in [-0.25, -0.2) is 0 Å². The van der Waals surface area contributed by atoms with E-state index in [1.54, 1.807) is 12.1 Å². The number of aldehydes is 1. The molecule has 0 radical (unpaired) electrons. The normalized spacial score (nSPS) is 9.58. The van der Waals surface area contributed by atoms with Crippen molar-refractivity contribution in [2.75, 3.05) is 0 Å². The van der Waals surface area contributed by atoms with Crippen molar-refractivity contribution in [2.24, 2.45) is 5.92 Å². The van der Waals surface area contributed by atoms with E-state index in [1.165, 1.54) is 12.8 Å². The Bertz CT molecular complexity index is 281. The summed E-state index contributed by atoms with van der Waals surface area (Å²) in [6, 6.07) is 9.10. The first-order chi connectivity index (χ1) is 8.74. The van der Waals surface area contributed by atoms with Crippen LogP contribution in [0, 0.1) is 5.92 Å². The van der Waals surface area contributed by atoms with Crippen molar-refractivity contribution in [3.05, 3.63) is 36.1 Å². The van der Waals surface area contributed by atoms with Crippen LogP contribution in [0.4, 0.5) is 5.69 Å². The van der Waals surface area contributed by atoms with Crippen LogP contribution in [-0.2, 0) is 9.59 Å². The summed E-state index contributed by atoms with van der Waals surface area (Å²) in [5, 5.41) is 0. The summed E-state index contributed by atoms with van der Waals surface area (Å²) in [7, 11) is 0. The molecule has 0 saturated heterocycles. The van der Waals surface area contributed by atoms with E-state index < -0.39 is 0 Å². The molecule has 0 spiro atoms. The third-order valence-electron chi connectivity index (χ3n) is 2.42. The topological polar surface area (TPSA) is 57.9 Å².